The minimum Gasteiger partial charge on any atom is -0.462 e. The molecule has 1 heterocycles. The Morgan fingerprint density at radius 2 is 1.84 bits per heavy atom. The lowest BCUT2D eigenvalue weighted by Gasteiger charge is -2.11. The number of hydrogen-bond donors (Lipinski definition) is 3. The van der Waals surface area contributed by atoms with Gasteiger partial charge in [-0.15, -0.1) is 0 Å². The van der Waals surface area contributed by atoms with Crippen molar-refractivity contribution in [3.8, 4) is 0 Å². The predicted octanol–water partition coefficient (Wildman–Crippen LogP) is 3.00. The first-order valence-corrected chi connectivity index (χ1v) is 10.8. The number of nitrogens with one attached hydrogen (secondary N) is 1. The number of ketones is 1. The summed E-state index contributed by atoms with van der Waals surface area (Å²) in [5, 5.41) is 14.2. The number of nitrogen functional groups attached to an aromatic ring is 1. The van der Waals surface area contributed by atoms with Gasteiger partial charge in [0.25, 0.3) is 0 Å². The number of aliphatic hydroxyl groups is 1. The smallest absolute Gasteiger partial charge is 0.338 e. The Balaban J connectivity index is 1.50. The molecule has 0 fully saturated rings. The normalized spacial score (nSPS) is 11.8. The Bertz CT molecular complexity index is 1020. The lowest BCUT2D eigenvalue weighted by Crippen LogP contribution is -2.24. The van der Waals surface area contributed by atoms with E-state index in [-0.39, 0.29) is 23.3 Å². The van der Waals surface area contributed by atoms with Gasteiger partial charge < -0.3 is 20.9 Å². The number of nitrogens with zero attached hydrogens (tertiary/aromatic N) is 1. The number of thiazole rings is 1. The third-order valence-corrected chi connectivity index (χ3v) is 5.52. The molecule has 3 aromatic rings. The SMILES string of the molecule is CCOC(=O)c1ccc(CCNCC(O)c2nc(C(=O)c3ccccc3)sc2N)cc1. The fraction of sp³-hybridized carbons (Fsp3) is 0.261. The second kappa shape index (κ2) is 10.8. The van der Waals surface area contributed by atoms with E-state index in [9.17, 15) is 14.7 Å². The van der Waals surface area contributed by atoms with Gasteiger partial charge in [-0.2, -0.15) is 0 Å². The van der Waals surface area contributed by atoms with Crippen LogP contribution in [0.1, 0.15) is 50.0 Å². The molecule has 0 aliphatic heterocycles. The first-order valence-electron chi connectivity index (χ1n) is 10.0. The number of ether oxygens (including phenoxy) is 1. The summed E-state index contributed by atoms with van der Waals surface area (Å²) in [5.41, 5.74) is 8.42. The van der Waals surface area contributed by atoms with Gasteiger partial charge in [0.15, 0.2) is 5.01 Å². The summed E-state index contributed by atoms with van der Waals surface area (Å²) in [7, 11) is 0. The highest BCUT2D eigenvalue weighted by atomic mass is 32.1. The van der Waals surface area contributed by atoms with E-state index in [0.29, 0.717) is 35.0 Å². The number of anilines is 1. The number of rotatable bonds is 10. The quantitative estimate of drug-likeness (QED) is 0.253. The molecule has 0 bridgehead atoms. The van der Waals surface area contributed by atoms with E-state index < -0.39 is 6.10 Å². The number of aromatic nitrogens is 1. The topological polar surface area (TPSA) is 115 Å². The highest BCUT2D eigenvalue weighted by Gasteiger charge is 2.21. The molecule has 1 unspecified atom stereocenters. The molecule has 7 nitrogen and oxygen atoms in total. The number of aliphatic hydroxyl groups excluding tert-OH is 1. The van der Waals surface area contributed by atoms with Crippen LogP contribution in [0.15, 0.2) is 54.6 Å². The van der Waals surface area contributed by atoms with Crippen molar-refractivity contribution in [3.63, 3.8) is 0 Å². The van der Waals surface area contributed by atoms with E-state index in [4.69, 9.17) is 10.5 Å². The van der Waals surface area contributed by atoms with Crippen LogP contribution in [-0.2, 0) is 11.2 Å². The Morgan fingerprint density at radius 1 is 1.13 bits per heavy atom. The molecule has 31 heavy (non-hydrogen) atoms. The molecule has 8 heteroatoms. The van der Waals surface area contributed by atoms with Crippen molar-refractivity contribution < 1.29 is 19.4 Å². The summed E-state index contributed by atoms with van der Waals surface area (Å²) in [5.74, 6) is -0.545. The maximum atomic E-state index is 12.5. The van der Waals surface area contributed by atoms with Gasteiger partial charge >= 0.3 is 5.97 Å². The van der Waals surface area contributed by atoms with Crippen LogP contribution < -0.4 is 11.1 Å². The number of hydrogen-bond acceptors (Lipinski definition) is 8. The highest BCUT2D eigenvalue weighted by Crippen LogP contribution is 2.27. The summed E-state index contributed by atoms with van der Waals surface area (Å²) in [6.07, 6.45) is -0.195. The lowest BCUT2D eigenvalue weighted by molar-refractivity contribution is 0.0526. The molecule has 1 aromatic heterocycles. The summed E-state index contributed by atoms with van der Waals surface area (Å²) in [4.78, 5) is 28.5. The molecule has 0 spiro atoms. The van der Waals surface area contributed by atoms with E-state index in [1.807, 2.05) is 18.2 Å². The van der Waals surface area contributed by atoms with Crippen molar-refractivity contribution in [1.29, 1.82) is 0 Å². The fourth-order valence-corrected chi connectivity index (χ4v) is 3.83. The summed E-state index contributed by atoms with van der Waals surface area (Å²) < 4.78 is 4.97. The molecule has 0 aliphatic rings. The molecule has 2 aromatic carbocycles. The van der Waals surface area contributed by atoms with E-state index >= 15 is 0 Å². The average molecular weight is 440 g/mol. The monoisotopic (exact) mass is 439 g/mol. The Hall–Kier alpha value is -3.07. The molecule has 0 amide bonds. The second-order valence-corrected chi connectivity index (χ2v) is 7.88. The maximum Gasteiger partial charge on any atom is 0.338 e. The minimum absolute atomic E-state index is 0.213. The third kappa shape index (κ3) is 5.97. The van der Waals surface area contributed by atoms with Crippen molar-refractivity contribution in [2.24, 2.45) is 0 Å². The van der Waals surface area contributed by atoms with Crippen LogP contribution in [0.5, 0.6) is 0 Å². The van der Waals surface area contributed by atoms with Crippen molar-refractivity contribution in [2.75, 3.05) is 25.4 Å². The molecule has 0 saturated heterocycles. The van der Waals surface area contributed by atoms with Crippen molar-refractivity contribution >= 4 is 28.1 Å². The molecule has 4 N–H and O–H groups in total. The molecular weight excluding hydrogens is 414 g/mol. The van der Waals surface area contributed by atoms with Gasteiger partial charge in [-0.1, -0.05) is 53.8 Å². The van der Waals surface area contributed by atoms with Crippen molar-refractivity contribution in [2.45, 2.75) is 19.4 Å². The number of benzene rings is 2. The molecule has 162 valence electrons. The Labute approximate surface area is 184 Å². The number of esters is 1. The van der Waals surface area contributed by atoms with Crippen LogP contribution in [0.3, 0.4) is 0 Å². The van der Waals surface area contributed by atoms with Gasteiger partial charge in [0, 0.05) is 12.1 Å². The van der Waals surface area contributed by atoms with Gasteiger partial charge in [-0.3, -0.25) is 4.79 Å². The van der Waals surface area contributed by atoms with Crippen molar-refractivity contribution in [1.82, 2.24) is 10.3 Å². The van der Waals surface area contributed by atoms with E-state index in [2.05, 4.69) is 10.3 Å². The highest BCUT2D eigenvalue weighted by molar-refractivity contribution is 7.17. The zero-order valence-electron chi connectivity index (χ0n) is 17.2. The van der Waals surface area contributed by atoms with Gasteiger partial charge in [-0.05, 0) is 37.6 Å². The first kappa shape index (κ1) is 22.6. The Kier molecular flexibility index (Phi) is 7.88. The van der Waals surface area contributed by atoms with Gasteiger partial charge in [0.2, 0.25) is 5.78 Å². The molecule has 3 rings (SSSR count). The van der Waals surface area contributed by atoms with Crippen LogP contribution in [0.25, 0.3) is 0 Å². The summed E-state index contributed by atoms with van der Waals surface area (Å²) in [6.45, 7) is 3.00. The van der Waals surface area contributed by atoms with E-state index in [0.717, 1.165) is 23.3 Å². The Morgan fingerprint density at radius 3 is 2.52 bits per heavy atom. The zero-order chi connectivity index (χ0) is 22.2. The third-order valence-electron chi connectivity index (χ3n) is 4.62. The zero-order valence-corrected chi connectivity index (χ0v) is 18.0. The van der Waals surface area contributed by atoms with E-state index in [1.54, 1.807) is 43.3 Å². The molecular formula is C23H25N3O4S. The van der Waals surface area contributed by atoms with Gasteiger partial charge in [-0.25, -0.2) is 9.78 Å². The summed E-state index contributed by atoms with van der Waals surface area (Å²) >= 11 is 1.08. The largest absolute Gasteiger partial charge is 0.462 e. The van der Waals surface area contributed by atoms with Crippen LogP contribution in [0, 0.1) is 0 Å². The van der Waals surface area contributed by atoms with Crippen LogP contribution >= 0.6 is 11.3 Å². The van der Waals surface area contributed by atoms with Gasteiger partial charge in [0.1, 0.15) is 16.8 Å². The minimum atomic E-state index is -0.917. The molecule has 0 saturated carbocycles. The lowest BCUT2D eigenvalue weighted by atomic mass is 10.1. The fourth-order valence-electron chi connectivity index (χ4n) is 2.98. The number of carbonyl (C=O) groups excluding carboxylic acids is 2. The predicted molar refractivity (Wildman–Crippen MR) is 120 cm³/mol. The van der Waals surface area contributed by atoms with Crippen LogP contribution in [-0.4, -0.2) is 41.5 Å². The van der Waals surface area contributed by atoms with Crippen molar-refractivity contribution in [3.05, 3.63) is 82.0 Å². The first-order chi connectivity index (χ1) is 15.0. The maximum absolute atomic E-state index is 12.5. The summed E-state index contributed by atoms with van der Waals surface area (Å²) in [6, 6.07) is 16.1. The van der Waals surface area contributed by atoms with E-state index in [1.165, 1.54) is 0 Å². The standard InChI is InChI=1S/C23H25N3O4S/c1-2-30-23(29)17-10-8-15(9-11-17)12-13-25-14-18(27)19-21(24)31-22(26-19)20(28)16-6-4-3-5-7-16/h3-11,18,25,27H,2,12-14,24H2,1H3. The molecule has 0 aliphatic carbocycles. The van der Waals surface area contributed by atoms with Gasteiger partial charge in [0.05, 0.1) is 12.2 Å². The average Bonchev–Trinajstić information content (AvgIpc) is 3.19. The molecule has 0 radical (unpaired) electrons. The van der Waals surface area contributed by atoms with Crippen LogP contribution in [0.4, 0.5) is 5.00 Å². The number of nitrogens with two attached hydrogens (primary N) is 1. The molecule has 1 atom stereocenters. The van der Waals surface area contributed by atoms with Crippen LogP contribution in [0.2, 0.25) is 0 Å². The number of carbonyl (C=O) groups is 2. The second-order valence-electron chi connectivity index (χ2n) is 6.85.